The Balaban J connectivity index is 0.00000312. The smallest absolute Gasteiger partial charge is 0.191 e. The molecule has 25 heavy (non-hydrogen) atoms. The number of hydrogen-bond donors (Lipinski definition) is 2. The molecule has 0 amide bonds. The molecule has 0 aliphatic rings. The lowest BCUT2D eigenvalue weighted by atomic mass is 10.2. The van der Waals surface area contributed by atoms with Crippen molar-refractivity contribution in [3.63, 3.8) is 0 Å². The van der Waals surface area contributed by atoms with E-state index in [1.807, 2.05) is 63.2 Å². The van der Waals surface area contributed by atoms with Gasteiger partial charge in [-0.15, -0.1) is 24.0 Å². The Kier molecular flexibility index (Phi) is 9.41. The molecule has 2 unspecified atom stereocenters. The number of guanidine groups is 1. The second-order valence-corrected chi connectivity index (χ2v) is 5.78. The third-order valence-electron chi connectivity index (χ3n) is 3.47. The van der Waals surface area contributed by atoms with E-state index in [1.165, 1.54) is 0 Å². The number of aliphatic imine (C=N–C) groups is 1. The van der Waals surface area contributed by atoms with Crippen LogP contribution in [0.4, 0.5) is 0 Å². The van der Waals surface area contributed by atoms with Crippen LogP contribution in [0.25, 0.3) is 0 Å². The van der Waals surface area contributed by atoms with Crippen LogP contribution in [0.1, 0.15) is 38.3 Å². The minimum absolute atomic E-state index is 0. The van der Waals surface area contributed by atoms with Crippen LogP contribution in [-0.2, 0) is 0 Å². The summed E-state index contributed by atoms with van der Waals surface area (Å²) in [4.78, 5) is 4.61. The van der Waals surface area contributed by atoms with Crippen molar-refractivity contribution in [2.24, 2.45) is 4.99 Å². The van der Waals surface area contributed by atoms with Crippen LogP contribution in [-0.4, -0.2) is 25.2 Å². The van der Waals surface area contributed by atoms with E-state index in [2.05, 4.69) is 22.5 Å². The Morgan fingerprint density at radius 3 is 2.48 bits per heavy atom. The Morgan fingerprint density at radius 1 is 1.16 bits per heavy atom. The molecule has 1 heterocycles. The molecule has 0 saturated carbocycles. The van der Waals surface area contributed by atoms with Gasteiger partial charge in [0.05, 0.1) is 12.6 Å². The van der Waals surface area contributed by atoms with Gasteiger partial charge in [-0.3, -0.25) is 0 Å². The Bertz CT molecular complexity index is 643. The summed E-state index contributed by atoms with van der Waals surface area (Å²) in [7, 11) is 0. The van der Waals surface area contributed by atoms with Gasteiger partial charge >= 0.3 is 0 Å². The monoisotopic (exact) mass is 457 g/mol. The number of furan rings is 1. The van der Waals surface area contributed by atoms with Gasteiger partial charge in [0, 0.05) is 6.54 Å². The van der Waals surface area contributed by atoms with Crippen molar-refractivity contribution in [2.45, 2.75) is 39.8 Å². The average Bonchev–Trinajstić information content (AvgIpc) is 3.00. The standard InChI is InChI=1S/C19H27N3O2.HI/c1-5-20-19(22-16(4)18-12-11-14(2)24-18)21-13-15(3)23-17-9-7-6-8-10-17;/h6-12,15-16H,5,13H2,1-4H3,(H2,20,21,22);1H. The normalized spacial score (nSPS) is 13.5. The molecule has 0 radical (unpaired) electrons. The van der Waals surface area contributed by atoms with Crippen molar-refractivity contribution in [1.82, 2.24) is 10.6 Å². The first kappa shape index (κ1) is 21.3. The third kappa shape index (κ3) is 7.37. The number of nitrogens with one attached hydrogen (secondary N) is 2. The lowest BCUT2D eigenvalue weighted by Gasteiger charge is -2.18. The van der Waals surface area contributed by atoms with Gasteiger partial charge in [-0.2, -0.15) is 0 Å². The van der Waals surface area contributed by atoms with Gasteiger partial charge in [-0.25, -0.2) is 4.99 Å². The van der Waals surface area contributed by atoms with Gasteiger partial charge in [0.2, 0.25) is 0 Å². The highest BCUT2D eigenvalue weighted by Gasteiger charge is 2.12. The van der Waals surface area contributed by atoms with Crippen molar-refractivity contribution in [3.8, 4) is 5.75 Å². The van der Waals surface area contributed by atoms with Crippen molar-refractivity contribution in [2.75, 3.05) is 13.1 Å². The predicted octanol–water partition coefficient (Wildman–Crippen LogP) is 4.29. The van der Waals surface area contributed by atoms with E-state index < -0.39 is 0 Å². The summed E-state index contributed by atoms with van der Waals surface area (Å²) >= 11 is 0. The quantitative estimate of drug-likeness (QED) is 0.370. The molecule has 2 aromatic rings. The zero-order valence-electron chi connectivity index (χ0n) is 15.3. The number of para-hydroxylation sites is 1. The lowest BCUT2D eigenvalue weighted by Crippen LogP contribution is -2.39. The summed E-state index contributed by atoms with van der Waals surface area (Å²) in [5.74, 6) is 3.41. The van der Waals surface area contributed by atoms with E-state index in [1.54, 1.807) is 0 Å². The second kappa shape index (κ2) is 11.0. The minimum Gasteiger partial charge on any atom is -0.489 e. The highest BCUT2D eigenvalue weighted by atomic mass is 127. The Morgan fingerprint density at radius 2 is 1.88 bits per heavy atom. The Labute approximate surface area is 167 Å². The summed E-state index contributed by atoms with van der Waals surface area (Å²) in [5.41, 5.74) is 0. The van der Waals surface area contributed by atoms with E-state index in [-0.39, 0.29) is 36.1 Å². The van der Waals surface area contributed by atoms with Crippen LogP contribution in [0.3, 0.4) is 0 Å². The molecule has 5 nitrogen and oxygen atoms in total. The van der Waals surface area contributed by atoms with Crippen molar-refractivity contribution in [3.05, 3.63) is 54.0 Å². The zero-order chi connectivity index (χ0) is 17.4. The van der Waals surface area contributed by atoms with Crippen LogP contribution in [0, 0.1) is 6.92 Å². The molecule has 0 aliphatic heterocycles. The molecule has 2 rings (SSSR count). The fraction of sp³-hybridized carbons (Fsp3) is 0.421. The number of aryl methyl sites for hydroxylation is 1. The molecule has 1 aromatic heterocycles. The van der Waals surface area contributed by atoms with E-state index >= 15 is 0 Å². The molecule has 138 valence electrons. The number of halogens is 1. The van der Waals surface area contributed by atoms with Gasteiger partial charge < -0.3 is 19.8 Å². The Hall–Kier alpha value is -1.70. The SMILES string of the molecule is CCNC(=NCC(C)Oc1ccccc1)NC(C)c1ccc(C)o1.I. The van der Waals surface area contributed by atoms with Crippen molar-refractivity contribution >= 4 is 29.9 Å². The third-order valence-corrected chi connectivity index (χ3v) is 3.47. The minimum atomic E-state index is -0.0102. The van der Waals surface area contributed by atoms with E-state index in [4.69, 9.17) is 9.15 Å². The molecule has 2 N–H and O–H groups in total. The van der Waals surface area contributed by atoms with Gasteiger partial charge in [-0.05, 0) is 52.0 Å². The average molecular weight is 457 g/mol. The maximum atomic E-state index is 5.85. The first-order valence-electron chi connectivity index (χ1n) is 8.41. The zero-order valence-corrected chi connectivity index (χ0v) is 17.6. The predicted molar refractivity (Wildman–Crippen MR) is 113 cm³/mol. The number of rotatable bonds is 7. The molecular weight excluding hydrogens is 429 g/mol. The molecule has 0 bridgehead atoms. The summed E-state index contributed by atoms with van der Waals surface area (Å²) < 4.78 is 11.5. The molecule has 1 aromatic carbocycles. The van der Waals surface area contributed by atoms with Crippen LogP contribution in [0.5, 0.6) is 5.75 Å². The van der Waals surface area contributed by atoms with Crippen LogP contribution in [0.2, 0.25) is 0 Å². The topological polar surface area (TPSA) is 58.8 Å². The lowest BCUT2D eigenvalue weighted by molar-refractivity contribution is 0.230. The molecule has 2 atom stereocenters. The second-order valence-electron chi connectivity index (χ2n) is 5.78. The van der Waals surface area contributed by atoms with Crippen LogP contribution in [0.15, 0.2) is 51.9 Å². The van der Waals surface area contributed by atoms with Gasteiger partial charge in [0.15, 0.2) is 5.96 Å². The van der Waals surface area contributed by atoms with E-state index in [0.29, 0.717) is 6.54 Å². The number of hydrogen-bond acceptors (Lipinski definition) is 3. The number of benzene rings is 1. The summed E-state index contributed by atoms with van der Waals surface area (Å²) in [6, 6.07) is 13.8. The number of nitrogens with zero attached hydrogens (tertiary/aromatic N) is 1. The summed E-state index contributed by atoms with van der Waals surface area (Å²) in [5, 5.41) is 6.61. The van der Waals surface area contributed by atoms with E-state index in [0.717, 1.165) is 29.8 Å². The van der Waals surface area contributed by atoms with Gasteiger partial charge in [-0.1, -0.05) is 18.2 Å². The fourth-order valence-electron chi connectivity index (χ4n) is 2.27. The first-order valence-corrected chi connectivity index (χ1v) is 8.41. The molecule has 0 saturated heterocycles. The van der Waals surface area contributed by atoms with Crippen molar-refractivity contribution < 1.29 is 9.15 Å². The maximum absolute atomic E-state index is 5.85. The molecule has 0 aliphatic carbocycles. The van der Waals surface area contributed by atoms with E-state index in [9.17, 15) is 0 Å². The largest absolute Gasteiger partial charge is 0.489 e. The van der Waals surface area contributed by atoms with Gasteiger partial charge in [0.1, 0.15) is 23.4 Å². The molecular formula is C19H28IN3O2. The first-order chi connectivity index (χ1) is 11.6. The van der Waals surface area contributed by atoms with Crippen LogP contribution < -0.4 is 15.4 Å². The highest BCUT2D eigenvalue weighted by Crippen LogP contribution is 2.15. The highest BCUT2D eigenvalue weighted by molar-refractivity contribution is 14.0. The molecule has 6 heteroatoms. The fourth-order valence-corrected chi connectivity index (χ4v) is 2.27. The van der Waals surface area contributed by atoms with Gasteiger partial charge in [0.25, 0.3) is 0 Å². The number of ether oxygens (including phenoxy) is 1. The summed E-state index contributed by atoms with van der Waals surface area (Å²) in [6.07, 6.45) is -0.0102. The van der Waals surface area contributed by atoms with Crippen molar-refractivity contribution in [1.29, 1.82) is 0 Å². The molecule has 0 fully saturated rings. The summed E-state index contributed by atoms with van der Waals surface area (Å²) in [6.45, 7) is 9.41. The maximum Gasteiger partial charge on any atom is 0.191 e. The molecule has 0 spiro atoms. The van der Waals surface area contributed by atoms with Crippen LogP contribution >= 0.6 is 24.0 Å².